The topological polar surface area (TPSA) is 111 Å². The third-order valence-corrected chi connectivity index (χ3v) is 2.78. The van der Waals surface area contributed by atoms with Crippen molar-refractivity contribution < 1.29 is 9.90 Å². The monoisotopic (exact) mass is 194 g/mol. The summed E-state index contributed by atoms with van der Waals surface area (Å²) in [6.45, 7) is 1.85. The molecule has 8 heteroatoms. The van der Waals surface area contributed by atoms with E-state index in [1.807, 2.05) is 6.92 Å². The lowest BCUT2D eigenvalue weighted by molar-refractivity contribution is -0.142. The fraction of sp³-hybridized carbons (Fsp3) is 0.833. The first-order valence-corrected chi connectivity index (χ1v) is 4.18. The van der Waals surface area contributed by atoms with Gasteiger partial charge in [-0.2, -0.15) is 10.2 Å². The molecule has 72 valence electrons. The van der Waals surface area contributed by atoms with Crippen molar-refractivity contribution in [2.45, 2.75) is 30.3 Å². The summed E-state index contributed by atoms with van der Waals surface area (Å²) in [5.74, 6) is -1.15. The van der Waals surface area contributed by atoms with Crippen LogP contribution in [0.4, 0.5) is 0 Å². The minimum Gasteiger partial charge on any atom is -0.478 e. The van der Waals surface area contributed by atoms with E-state index in [0.29, 0.717) is 6.42 Å². The molecule has 8 nitrogen and oxygen atoms in total. The second-order valence-electron chi connectivity index (χ2n) is 3.42. The molecule has 0 bridgehead atoms. The summed E-state index contributed by atoms with van der Waals surface area (Å²) in [4.78, 5) is 11.0. The average Bonchev–Trinajstić information content (AvgIpc) is 2.97. The summed E-state index contributed by atoms with van der Waals surface area (Å²) in [5, 5.41) is 31.2. The fourth-order valence-electron chi connectivity index (χ4n) is 1.64. The number of carboxylic acid groups (broad SMARTS) is 1. The summed E-state index contributed by atoms with van der Waals surface area (Å²) in [5.41, 5.74) is -3.55. The normalized spacial score (nSPS) is 30.1. The first kappa shape index (κ1) is 7.65. The minimum atomic E-state index is -1.55. The minimum absolute atomic E-state index is 0.556. The quantitative estimate of drug-likeness (QED) is 0.718. The molecular weight excluding hydrogens is 188 g/mol. The van der Waals surface area contributed by atoms with Crippen LogP contribution in [0.25, 0.3) is 0 Å². The van der Waals surface area contributed by atoms with Gasteiger partial charge in [0.2, 0.25) is 5.66 Å². The van der Waals surface area contributed by atoms with Gasteiger partial charge in [-0.15, -0.1) is 20.5 Å². The van der Waals surface area contributed by atoms with Crippen molar-refractivity contribution in [3.8, 4) is 0 Å². The summed E-state index contributed by atoms with van der Waals surface area (Å²) >= 11 is 0. The number of hydrogen-bond acceptors (Lipinski definition) is 7. The van der Waals surface area contributed by atoms with Crippen molar-refractivity contribution in [2.24, 2.45) is 30.7 Å². The molecule has 0 radical (unpaired) electrons. The van der Waals surface area contributed by atoms with Crippen molar-refractivity contribution in [3.63, 3.8) is 0 Å². The zero-order chi connectivity index (χ0) is 10.0. The van der Waals surface area contributed by atoms with Crippen LogP contribution in [0.3, 0.4) is 0 Å². The molecule has 0 aromatic carbocycles. The third kappa shape index (κ3) is 0.544. The number of carbonyl (C=O) groups is 1. The highest BCUT2D eigenvalue weighted by Gasteiger charge is 2.84. The average molecular weight is 194 g/mol. The van der Waals surface area contributed by atoms with E-state index in [-0.39, 0.29) is 0 Å². The van der Waals surface area contributed by atoms with Crippen LogP contribution < -0.4 is 0 Å². The van der Waals surface area contributed by atoms with Crippen molar-refractivity contribution in [1.82, 2.24) is 0 Å². The molecule has 0 spiro atoms. The summed E-state index contributed by atoms with van der Waals surface area (Å²) in [6, 6.07) is 0. The largest absolute Gasteiger partial charge is 0.478 e. The highest BCUT2D eigenvalue weighted by Crippen LogP contribution is 2.62. The second-order valence-corrected chi connectivity index (χ2v) is 3.42. The molecule has 0 amide bonds. The van der Waals surface area contributed by atoms with Gasteiger partial charge in [0.1, 0.15) is 0 Å². The van der Waals surface area contributed by atoms with Gasteiger partial charge < -0.3 is 5.11 Å². The Morgan fingerprint density at radius 1 is 1.14 bits per heavy atom. The summed E-state index contributed by atoms with van der Waals surface area (Å²) in [6.07, 6.45) is 0.556. The molecule has 14 heavy (non-hydrogen) atoms. The zero-order valence-corrected chi connectivity index (χ0v) is 7.25. The zero-order valence-electron chi connectivity index (χ0n) is 7.25. The van der Waals surface area contributed by atoms with Crippen LogP contribution in [0.2, 0.25) is 0 Å². The lowest BCUT2D eigenvalue weighted by Crippen LogP contribution is -2.51. The van der Waals surface area contributed by atoms with Gasteiger partial charge in [0.25, 0.3) is 5.66 Å². The Balaban J connectivity index is 1.95. The van der Waals surface area contributed by atoms with Crippen LogP contribution in [0.1, 0.15) is 13.3 Å². The molecule has 3 rings (SSSR count). The third-order valence-electron chi connectivity index (χ3n) is 2.78. The highest BCUT2D eigenvalue weighted by molar-refractivity contribution is 5.84. The predicted molar refractivity (Wildman–Crippen MR) is 40.7 cm³/mol. The van der Waals surface area contributed by atoms with E-state index in [2.05, 4.69) is 30.7 Å². The van der Waals surface area contributed by atoms with E-state index >= 15 is 0 Å². The molecule has 0 aromatic rings. The van der Waals surface area contributed by atoms with Gasteiger partial charge in [0, 0.05) is 0 Å². The molecule has 0 aliphatic carbocycles. The Hall–Kier alpha value is -1.73. The molecule has 0 unspecified atom stereocenters. The van der Waals surface area contributed by atoms with Gasteiger partial charge in [-0.3, -0.25) is 0 Å². The number of carboxylic acids is 1. The molecule has 0 fully saturated rings. The van der Waals surface area contributed by atoms with Gasteiger partial charge in [-0.25, -0.2) is 4.79 Å². The van der Waals surface area contributed by atoms with Crippen molar-refractivity contribution in [1.29, 1.82) is 0 Å². The molecule has 0 atom stereocenters. The van der Waals surface area contributed by atoms with Crippen molar-refractivity contribution >= 4 is 5.97 Å². The predicted octanol–water partition coefficient (Wildman–Crippen LogP) is 0.967. The van der Waals surface area contributed by atoms with Crippen LogP contribution in [-0.4, -0.2) is 28.1 Å². The van der Waals surface area contributed by atoms with Crippen LogP contribution in [0.15, 0.2) is 30.7 Å². The SMILES string of the molecule is CCC1(C2(C3(C(=O)O)N=N3)N=N2)N=N1. The molecular formula is C6H6N6O2. The van der Waals surface area contributed by atoms with Gasteiger partial charge in [0.05, 0.1) is 0 Å². The van der Waals surface area contributed by atoms with Crippen LogP contribution >= 0.6 is 0 Å². The van der Waals surface area contributed by atoms with Crippen molar-refractivity contribution in [3.05, 3.63) is 0 Å². The molecule has 0 saturated carbocycles. The van der Waals surface area contributed by atoms with Crippen LogP contribution in [-0.2, 0) is 4.79 Å². The second kappa shape index (κ2) is 1.72. The molecule has 3 heterocycles. The van der Waals surface area contributed by atoms with Gasteiger partial charge in [0.15, 0.2) is 0 Å². The standard InChI is InChI=1S/C6H6N6O2/c1-2-4(7-8-4)6(11-12-6)5(3(13)14)9-10-5/h2H2,1H3,(H,13,14). The van der Waals surface area contributed by atoms with E-state index in [4.69, 9.17) is 5.11 Å². The summed E-state index contributed by atoms with van der Waals surface area (Å²) < 4.78 is 0. The lowest BCUT2D eigenvalue weighted by Gasteiger charge is -2.18. The van der Waals surface area contributed by atoms with Gasteiger partial charge >= 0.3 is 11.6 Å². The first-order chi connectivity index (χ1) is 6.63. The maximum absolute atomic E-state index is 11.0. The van der Waals surface area contributed by atoms with E-state index in [1.54, 1.807) is 0 Å². The Morgan fingerprint density at radius 2 is 1.71 bits per heavy atom. The smallest absolute Gasteiger partial charge is 0.363 e. The fourth-order valence-corrected chi connectivity index (χ4v) is 1.64. The van der Waals surface area contributed by atoms with Crippen LogP contribution in [0.5, 0.6) is 0 Å². The Kier molecular flexibility index (Phi) is 0.942. The highest BCUT2D eigenvalue weighted by atomic mass is 16.4. The number of rotatable bonds is 4. The van der Waals surface area contributed by atoms with E-state index in [9.17, 15) is 4.79 Å². The molecule has 0 saturated heterocycles. The maximum atomic E-state index is 11.0. The Bertz CT molecular complexity index is 406. The van der Waals surface area contributed by atoms with Crippen LogP contribution in [0, 0.1) is 0 Å². The Morgan fingerprint density at radius 3 is 1.93 bits per heavy atom. The van der Waals surface area contributed by atoms with E-state index in [1.165, 1.54) is 0 Å². The van der Waals surface area contributed by atoms with Gasteiger partial charge in [-0.05, 0) is 6.42 Å². The maximum Gasteiger partial charge on any atom is 0.363 e. The molecule has 0 aromatic heterocycles. The van der Waals surface area contributed by atoms with E-state index in [0.717, 1.165) is 0 Å². The van der Waals surface area contributed by atoms with Crippen molar-refractivity contribution in [2.75, 3.05) is 0 Å². The molecule has 1 N–H and O–H groups in total. The number of aliphatic carboxylic acids is 1. The Labute approximate surface area is 77.8 Å². The molecule has 3 aliphatic heterocycles. The molecule has 3 aliphatic rings. The van der Waals surface area contributed by atoms with E-state index < -0.39 is 23.0 Å². The number of nitrogens with zero attached hydrogens (tertiary/aromatic N) is 6. The summed E-state index contributed by atoms with van der Waals surface area (Å²) in [7, 11) is 0. The van der Waals surface area contributed by atoms with Gasteiger partial charge in [-0.1, -0.05) is 6.92 Å². The number of hydrogen-bond donors (Lipinski definition) is 1. The first-order valence-electron chi connectivity index (χ1n) is 4.18. The lowest BCUT2D eigenvalue weighted by atomic mass is 9.87.